The van der Waals surface area contributed by atoms with Crippen molar-refractivity contribution in [2.24, 2.45) is 0 Å². The number of rotatable bonds is 11. The maximum Gasteiger partial charge on any atom is 0.393 e. The number of aliphatic hydroxyl groups is 5. The van der Waals surface area contributed by atoms with Crippen LogP contribution in [0.3, 0.4) is 0 Å². The van der Waals surface area contributed by atoms with E-state index in [0.717, 1.165) is 11.3 Å². The molecule has 0 aliphatic carbocycles. The molecule has 2 saturated heterocycles. The lowest BCUT2D eigenvalue weighted by Crippen LogP contribution is -2.64. The number of benzene rings is 1. The number of anilines is 1. The summed E-state index contributed by atoms with van der Waals surface area (Å²) in [6, 6.07) is 2.74. The molecule has 0 spiro atoms. The predicted octanol–water partition coefficient (Wildman–Crippen LogP) is -0.657. The van der Waals surface area contributed by atoms with Crippen LogP contribution < -0.4 is 15.4 Å². The lowest BCUT2D eigenvalue weighted by molar-refractivity contribution is -0.226. The number of hydrogen-bond acceptors (Lipinski definition) is 14. The fourth-order valence-corrected chi connectivity index (χ4v) is 7.68. The Morgan fingerprint density at radius 1 is 1.12 bits per heavy atom. The molecule has 0 saturated carbocycles. The summed E-state index contributed by atoms with van der Waals surface area (Å²) < 4.78 is 67.7. The number of hydrogen-bond donors (Lipinski definition) is 7. The van der Waals surface area contributed by atoms with Crippen molar-refractivity contribution in [2.75, 3.05) is 5.32 Å². The maximum atomic E-state index is 15.8. The van der Waals surface area contributed by atoms with E-state index in [2.05, 4.69) is 30.6 Å². The van der Waals surface area contributed by atoms with E-state index in [1.807, 2.05) is 0 Å². The average Bonchev–Trinajstić information content (AvgIpc) is 3.77. The Hall–Kier alpha value is -3.66. The lowest BCUT2D eigenvalue weighted by atomic mass is 9.69. The molecule has 7 N–H and O–H groups in total. The summed E-state index contributed by atoms with van der Waals surface area (Å²) in [7, 11) is 21.5. The molecule has 2 aliphatic rings. The zero-order valence-electron chi connectivity index (χ0n) is 26.1. The molecule has 4 atom stereocenters. The fourth-order valence-electron chi connectivity index (χ4n) is 6.45. The van der Waals surface area contributed by atoms with Gasteiger partial charge in [0, 0.05) is 23.8 Å². The van der Waals surface area contributed by atoms with Crippen molar-refractivity contribution in [1.82, 2.24) is 30.1 Å². The Labute approximate surface area is 294 Å². The summed E-state index contributed by atoms with van der Waals surface area (Å²) >= 11 is 0.909. The second kappa shape index (κ2) is 13.1. The van der Waals surface area contributed by atoms with Crippen LogP contribution in [0.5, 0.6) is 5.88 Å². The van der Waals surface area contributed by atoms with Gasteiger partial charge in [0.25, 0.3) is 11.8 Å². The standard InChI is InChI=1S/C27H25B4F4N7O8S/c28-25(29,44)42-10-4-5-16(42)18(32)15(6-10)37-14-3-1-2-11-12(7-24(33,34)35)20(51-19(11)14)21-38-17(50-40-21)8-36-22(43)13-9-41(26(30,45)46)39-23(13)49-27(31,47)48/h1-3,9-10,15-16,18,37,44-48H,4-8H2,(H,36,43). The highest BCUT2D eigenvalue weighted by atomic mass is 32.1. The van der Waals surface area contributed by atoms with E-state index in [0.29, 0.717) is 29.4 Å². The van der Waals surface area contributed by atoms with Crippen LogP contribution >= 0.6 is 11.3 Å². The van der Waals surface area contributed by atoms with E-state index >= 15 is 4.39 Å². The number of nitrogens with one attached hydrogen (secondary N) is 2. The fraction of sp³-hybridized carbons (Fsp3) is 0.481. The van der Waals surface area contributed by atoms with Crippen LogP contribution in [0.15, 0.2) is 28.9 Å². The van der Waals surface area contributed by atoms with Gasteiger partial charge in [0.05, 0.1) is 34.3 Å². The smallest absolute Gasteiger partial charge is 0.393 e. The number of halogens is 4. The van der Waals surface area contributed by atoms with Gasteiger partial charge < -0.3 is 45.4 Å². The van der Waals surface area contributed by atoms with Crippen LogP contribution in [-0.2, 0) is 18.8 Å². The van der Waals surface area contributed by atoms with E-state index in [9.17, 15) is 43.5 Å². The summed E-state index contributed by atoms with van der Waals surface area (Å²) in [4.78, 5) is 18.4. The highest BCUT2D eigenvalue weighted by Crippen LogP contribution is 2.45. The SMILES string of the molecule is [B]C(O)(O)Oc1nn(C([B])(O)O)cc1C(=O)NCc1nc(-c2sc3c(NC4CC5CCC(C4F)N5C([B])([B])O)cccc3c2CC(F)(F)F)no1. The topological polar surface area (TPSA) is 211 Å². The van der Waals surface area contributed by atoms with Gasteiger partial charge in [-0.05, 0) is 36.3 Å². The van der Waals surface area contributed by atoms with Crippen LogP contribution in [0.4, 0.5) is 23.2 Å². The van der Waals surface area contributed by atoms with E-state index in [1.165, 1.54) is 17.0 Å². The van der Waals surface area contributed by atoms with Crippen LogP contribution in [0, 0.1) is 0 Å². The first kappa shape index (κ1) is 37.1. The molecule has 262 valence electrons. The molecule has 3 aromatic heterocycles. The maximum absolute atomic E-state index is 15.8. The summed E-state index contributed by atoms with van der Waals surface area (Å²) in [6.45, 7) is -0.527. The number of carbonyl (C=O) groups is 1. The van der Waals surface area contributed by atoms with Crippen molar-refractivity contribution in [3.63, 3.8) is 0 Å². The quantitative estimate of drug-likeness (QED) is 0.0583. The van der Waals surface area contributed by atoms with Gasteiger partial charge in [-0.25, -0.2) is 9.07 Å². The van der Waals surface area contributed by atoms with Gasteiger partial charge in [0.15, 0.2) is 7.85 Å². The van der Waals surface area contributed by atoms with E-state index in [1.54, 1.807) is 6.07 Å². The number of alkyl halides is 4. The summed E-state index contributed by atoms with van der Waals surface area (Å²) in [5.41, 5.74) is -2.63. The zero-order valence-corrected chi connectivity index (χ0v) is 26.9. The number of amides is 1. The summed E-state index contributed by atoms with van der Waals surface area (Å²) in [5.74, 6) is -8.95. The van der Waals surface area contributed by atoms with Gasteiger partial charge in [-0.2, -0.15) is 18.2 Å². The Bertz CT molecular complexity index is 1930. The highest BCUT2D eigenvalue weighted by molar-refractivity contribution is 7.23. The molecule has 2 fully saturated rings. The van der Waals surface area contributed by atoms with Crippen LogP contribution in [0.1, 0.15) is 41.1 Å². The minimum atomic E-state index is -4.65. The average molecular weight is 727 g/mol. The molecule has 2 bridgehead atoms. The first-order valence-corrected chi connectivity index (χ1v) is 15.9. The Balaban J connectivity index is 1.26. The molecule has 4 aromatic rings. The first-order chi connectivity index (χ1) is 23.6. The second-order valence-corrected chi connectivity index (χ2v) is 13.3. The minimum absolute atomic E-state index is 0.00627. The van der Waals surface area contributed by atoms with Gasteiger partial charge >= 0.3 is 6.18 Å². The predicted molar refractivity (Wildman–Crippen MR) is 172 cm³/mol. The van der Waals surface area contributed by atoms with Gasteiger partial charge in [0.2, 0.25) is 31.3 Å². The Kier molecular flexibility index (Phi) is 9.52. The van der Waals surface area contributed by atoms with E-state index in [-0.39, 0.29) is 44.7 Å². The first-order valence-electron chi connectivity index (χ1n) is 15.1. The number of carbonyl (C=O) groups excluding carboxylic acids is 1. The van der Waals surface area contributed by atoms with Gasteiger partial charge in [-0.1, -0.05) is 17.3 Å². The number of nitrogens with zero attached hydrogens (tertiary/aromatic N) is 5. The molecular formula is C27H25B4F4N7O8S. The number of thiophene rings is 1. The number of piperidine rings is 1. The van der Waals surface area contributed by atoms with Crippen LogP contribution in [-0.4, -0.2) is 130 Å². The van der Waals surface area contributed by atoms with Crippen LogP contribution in [0.2, 0.25) is 0 Å². The van der Waals surface area contributed by atoms with E-state index in [4.69, 9.17) is 35.9 Å². The third-order valence-corrected chi connectivity index (χ3v) is 9.63. The van der Waals surface area contributed by atoms with Crippen molar-refractivity contribution in [3.8, 4) is 16.6 Å². The van der Waals surface area contributed by atoms with Crippen molar-refractivity contribution >= 4 is 64.4 Å². The molecule has 15 nitrogen and oxygen atoms in total. The number of aromatic nitrogens is 4. The van der Waals surface area contributed by atoms with Crippen molar-refractivity contribution in [3.05, 3.63) is 41.4 Å². The molecule has 1 amide bonds. The Morgan fingerprint density at radius 3 is 2.49 bits per heavy atom. The molecule has 8 radical (unpaired) electrons. The zero-order chi connectivity index (χ0) is 37.3. The minimum Gasteiger partial charge on any atom is -0.429 e. The lowest BCUT2D eigenvalue weighted by Gasteiger charge is -2.48. The van der Waals surface area contributed by atoms with E-state index < -0.39 is 72.0 Å². The molecule has 6 rings (SSSR count). The van der Waals surface area contributed by atoms with Gasteiger partial charge in [0.1, 0.15) is 27.4 Å². The third kappa shape index (κ3) is 7.91. The van der Waals surface area contributed by atoms with Crippen molar-refractivity contribution < 1.29 is 57.1 Å². The molecule has 2 aliphatic heterocycles. The van der Waals surface area contributed by atoms with Crippen molar-refractivity contribution in [1.29, 1.82) is 0 Å². The molecule has 24 heteroatoms. The normalized spacial score (nSPS) is 21.7. The van der Waals surface area contributed by atoms with Gasteiger partial charge in [-0.15, -0.1) is 16.4 Å². The highest BCUT2D eigenvalue weighted by Gasteiger charge is 2.51. The second-order valence-electron chi connectivity index (χ2n) is 12.2. The monoisotopic (exact) mass is 727 g/mol. The van der Waals surface area contributed by atoms with Gasteiger partial charge in [-0.3, -0.25) is 9.69 Å². The molecule has 5 heterocycles. The summed E-state index contributed by atoms with van der Waals surface area (Å²) in [6.07, 6.45) is -5.69. The van der Waals surface area contributed by atoms with Crippen molar-refractivity contribution in [2.45, 2.75) is 79.9 Å². The number of ether oxygens (including phenoxy) is 1. The molecular weight excluding hydrogens is 702 g/mol. The third-order valence-electron chi connectivity index (χ3n) is 8.35. The molecule has 1 aromatic carbocycles. The molecule has 51 heavy (non-hydrogen) atoms. The molecule has 4 unspecified atom stereocenters. The van der Waals surface area contributed by atoms with Crippen LogP contribution in [0.25, 0.3) is 20.8 Å². The Morgan fingerprint density at radius 2 is 1.84 bits per heavy atom. The summed E-state index contributed by atoms with van der Waals surface area (Å²) in [5, 5.41) is 61.0. The largest absolute Gasteiger partial charge is 0.429 e. The number of fused-ring (bicyclic) bond motifs is 3.